The molecule has 3 nitrogen and oxygen atoms in total. The average Bonchev–Trinajstić information content (AvgIpc) is 2.17. The summed E-state index contributed by atoms with van der Waals surface area (Å²) in [5.74, 6) is 0. The summed E-state index contributed by atoms with van der Waals surface area (Å²) in [6, 6.07) is 0. The lowest BCUT2D eigenvalue weighted by Crippen LogP contribution is -2.41. The van der Waals surface area contributed by atoms with Gasteiger partial charge in [0, 0.05) is 0 Å². The molecular weight excluding hydrogens is 167 g/mol. The van der Waals surface area contributed by atoms with Crippen molar-refractivity contribution in [3.05, 3.63) is 12.7 Å². The number of hydrogen-bond acceptors (Lipinski definition) is 3. The van der Waals surface area contributed by atoms with Crippen molar-refractivity contribution in [3.8, 4) is 0 Å². The van der Waals surface area contributed by atoms with Gasteiger partial charge in [-0.1, -0.05) is 6.08 Å². The molecule has 0 spiro atoms. The molecule has 1 saturated heterocycles. The molecule has 0 aromatic rings. The van der Waals surface area contributed by atoms with Crippen LogP contribution in [0.5, 0.6) is 0 Å². The van der Waals surface area contributed by atoms with Gasteiger partial charge in [-0.2, -0.15) is 0 Å². The van der Waals surface area contributed by atoms with E-state index in [1.165, 1.54) is 0 Å². The van der Waals surface area contributed by atoms with Gasteiger partial charge >= 0.3 is 7.32 Å². The van der Waals surface area contributed by atoms with Crippen molar-refractivity contribution in [1.82, 2.24) is 0 Å². The third kappa shape index (κ3) is 2.13. The van der Waals surface area contributed by atoms with Crippen LogP contribution in [0.2, 0.25) is 0 Å². The molecule has 0 unspecified atom stereocenters. The quantitative estimate of drug-likeness (QED) is 0.494. The second-order valence-electron chi connectivity index (χ2n) is 4.17. The predicted molar refractivity (Wildman–Crippen MR) is 52.2 cm³/mol. The molecule has 1 rings (SSSR count). The Morgan fingerprint density at radius 3 is 2.08 bits per heavy atom. The van der Waals surface area contributed by atoms with E-state index < -0.39 is 7.32 Å². The first-order chi connectivity index (χ1) is 5.89. The first kappa shape index (κ1) is 10.8. The second kappa shape index (κ2) is 3.44. The zero-order valence-corrected chi connectivity index (χ0v) is 8.79. The van der Waals surface area contributed by atoms with Crippen LogP contribution in [0.25, 0.3) is 0 Å². The van der Waals surface area contributed by atoms with Crippen LogP contribution in [0.4, 0.5) is 0 Å². The Balaban J connectivity index is 2.54. The highest BCUT2D eigenvalue weighted by atomic mass is 16.8. The molecule has 0 radical (unpaired) electrons. The summed E-state index contributed by atoms with van der Waals surface area (Å²) in [4.78, 5) is 0. The largest absolute Gasteiger partial charge is 0.640 e. The van der Waals surface area contributed by atoms with Crippen molar-refractivity contribution in [2.24, 2.45) is 0 Å². The average molecular weight is 184 g/mol. The van der Waals surface area contributed by atoms with E-state index in [1.807, 2.05) is 27.7 Å². The third-order valence-corrected chi connectivity index (χ3v) is 2.58. The van der Waals surface area contributed by atoms with Gasteiger partial charge in [0.2, 0.25) is 0 Å². The molecular formula is C9H17BO3. The van der Waals surface area contributed by atoms with Crippen molar-refractivity contribution >= 4 is 7.32 Å². The van der Waals surface area contributed by atoms with Gasteiger partial charge in [0.1, 0.15) is 0 Å². The van der Waals surface area contributed by atoms with Crippen molar-refractivity contribution in [1.29, 1.82) is 0 Å². The van der Waals surface area contributed by atoms with Crippen molar-refractivity contribution < 1.29 is 14.0 Å². The summed E-state index contributed by atoms with van der Waals surface area (Å²) in [5, 5.41) is 0. The number of hydrogen-bond donors (Lipinski definition) is 0. The van der Waals surface area contributed by atoms with E-state index in [2.05, 4.69) is 6.58 Å². The van der Waals surface area contributed by atoms with Gasteiger partial charge in [0.05, 0.1) is 17.8 Å². The Morgan fingerprint density at radius 1 is 1.23 bits per heavy atom. The SMILES string of the molecule is C=CCOB1OC(C)(C)C(C)(C)O1. The fraction of sp³-hybridized carbons (Fsp3) is 0.778. The van der Waals surface area contributed by atoms with Gasteiger partial charge in [-0.05, 0) is 27.7 Å². The molecule has 0 amide bonds. The standard InChI is InChI=1S/C9H17BO3/c1-6-7-11-10-12-8(2,3)9(4,5)13-10/h6H,1,7H2,2-5H3. The first-order valence-electron chi connectivity index (χ1n) is 4.47. The van der Waals surface area contributed by atoms with Crippen LogP contribution < -0.4 is 0 Å². The monoisotopic (exact) mass is 184 g/mol. The molecule has 0 aromatic carbocycles. The molecule has 74 valence electrons. The Labute approximate surface area is 80.2 Å². The Bertz CT molecular complexity index is 185. The normalized spacial score (nSPS) is 24.8. The highest BCUT2D eigenvalue weighted by Crippen LogP contribution is 2.36. The highest BCUT2D eigenvalue weighted by molar-refractivity contribution is 6.37. The van der Waals surface area contributed by atoms with E-state index >= 15 is 0 Å². The lowest BCUT2D eigenvalue weighted by atomic mass is 9.90. The molecule has 1 aliphatic heterocycles. The summed E-state index contributed by atoms with van der Waals surface area (Å²) >= 11 is 0. The Kier molecular flexibility index (Phi) is 2.85. The molecule has 0 N–H and O–H groups in total. The highest BCUT2D eigenvalue weighted by Gasteiger charge is 2.52. The minimum Gasteiger partial charge on any atom is -0.382 e. The molecule has 1 heterocycles. The maximum absolute atomic E-state index is 5.57. The number of rotatable bonds is 3. The predicted octanol–water partition coefficient (Wildman–Crippen LogP) is 1.78. The molecule has 1 aliphatic rings. The van der Waals surface area contributed by atoms with Gasteiger partial charge in [-0.15, -0.1) is 6.58 Å². The lowest BCUT2D eigenvalue weighted by molar-refractivity contribution is 0.00578. The second-order valence-corrected chi connectivity index (χ2v) is 4.17. The van der Waals surface area contributed by atoms with Gasteiger partial charge in [0.25, 0.3) is 0 Å². The molecule has 13 heavy (non-hydrogen) atoms. The molecule has 0 bridgehead atoms. The van der Waals surface area contributed by atoms with E-state index in [0.717, 1.165) is 0 Å². The lowest BCUT2D eigenvalue weighted by Gasteiger charge is -2.31. The fourth-order valence-corrected chi connectivity index (χ4v) is 1.00. The van der Waals surface area contributed by atoms with Crippen LogP contribution >= 0.6 is 0 Å². The topological polar surface area (TPSA) is 27.7 Å². The summed E-state index contributed by atoms with van der Waals surface area (Å²) in [6.07, 6.45) is 1.67. The summed E-state index contributed by atoms with van der Waals surface area (Å²) in [5.41, 5.74) is -0.641. The van der Waals surface area contributed by atoms with Crippen LogP contribution in [0.3, 0.4) is 0 Å². The summed E-state index contributed by atoms with van der Waals surface area (Å²) < 4.78 is 16.4. The van der Waals surface area contributed by atoms with Gasteiger partial charge < -0.3 is 14.0 Å². The van der Waals surface area contributed by atoms with Crippen molar-refractivity contribution in [3.63, 3.8) is 0 Å². The summed E-state index contributed by atoms with van der Waals surface area (Å²) in [7, 11) is -0.567. The molecule has 1 fully saturated rings. The zero-order chi connectivity index (χ0) is 10.1. The van der Waals surface area contributed by atoms with Crippen molar-refractivity contribution in [2.45, 2.75) is 38.9 Å². The van der Waals surface area contributed by atoms with Crippen LogP contribution in [-0.2, 0) is 14.0 Å². The molecule has 4 heteroatoms. The molecule has 0 aromatic heterocycles. The van der Waals surface area contributed by atoms with Crippen LogP contribution in [0.1, 0.15) is 27.7 Å². The van der Waals surface area contributed by atoms with E-state index in [-0.39, 0.29) is 11.2 Å². The minimum atomic E-state index is -0.567. The van der Waals surface area contributed by atoms with Crippen LogP contribution in [0, 0.1) is 0 Å². The van der Waals surface area contributed by atoms with Gasteiger partial charge in [0.15, 0.2) is 0 Å². The molecule has 0 saturated carbocycles. The molecule has 0 aliphatic carbocycles. The maximum Gasteiger partial charge on any atom is 0.640 e. The van der Waals surface area contributed by atoms with Gasteiger partial charge in [-0.25, -0.2) is 0 Å². The van der Waals surface area contributed by atoms with E-state index in [9.17, 15) is 0 Å². The zero-order valence-electron chi connectivity index (χ0n) is 8.79. The van der Waals surface area contributed by atoms with E-state index in [0.29, 0.717) is 6.61 Å². The Morgan fingerprint density at radius 2 is 1.69 bits per heavy atom. The van der Waals surface area contributed by atoms with Crippen LogP contribution in [0.15, 0.2) is 12.7 Å². The smallest absolute Gasteiger partial charge is 0.382 e. The minimum absolute atomic E-state index is 0.321. The van der Waals surface area contributed by atoms with Crippen LogP contribution in [-0.4, -0.2) is 25.1 Å². The first-order valence-corrected chi connectivity index (χ1v) is 4.47. The van der Waals surface area contributed by atoms with Gasteiger partial charge in [-0.3, -0.25) is 0 Å². The Hall–Kier alpha value is -0.315. The summed E-state index contributed by atoms with van der Waals surface area (Å²) in [6.45, 7) is 12.0. The van der Waals surface area contributed by atoms with Crippen molar-refractivity contribution in [2.75, 3.05) is 6.61 Å². The molecule has 0 atom stereocenters. The van der Waals surface area contributed by atoms with E-state index in [4.69, 9.17) is 14.0 Å². The fourth-order valence-electron chi connectivity index (χ4n) is 1.00. The van der Waals surface area contributed by atoms with E-state index in [1.54, 1.807) is 6.08 Å². The third-order valence-electron chi connectivity index (χ3n) is 2.58. The maximum atomic E-state index is 5.57.